The summed E-state index contributed by atoms with van der Waals surface area (Å²) in [7, 11) is 0. The van der Waals surface area contributed by atoms with Gasteiger partial charge < -0.3 is 10.4 Å². The summed E-state index contributed by atoms with van der Waals surface area (Å²) in [5, 5.41) is 14.8. The van der Waals surface area contributed by atoms with Gasteiger partial charge in [0.25, 0.3) is 5.56 Å². The third kappa shape index (κ3) is 3.96. The number of benzene rings is 2. The van der Waals surface area contributed by atoms with Crippen LogP contribution in [-0.4, -0.2) is 28.7 Å². The first-order chi connectivity index (χ1) is 15.2. The molecule has 32 heavy (non-hydrogen) atoms. The fourth-order valence-electron chi connectivity index (χ4n) is 5.29. The molecule has 0 saturated carbocycles. The van der Waals surface area contributed by atoms with Gasteiger partial charge in [-0.15, -0.1) is 0 Å². The fourth-order valence-corrected chi connectivity index (χ4v) is 5.55. The Morgan fingerprint density at radius 3 is 2.34 bits per heavy atom. The highest BCUT2D eigenvalue weighted by Gasteiger charge is 2.40. The van der Waals surface area contributed by atoms with Gasteiger partial charge in [-0.3, -0.25) is 9.36 Å². The van der Waals surface area contributed by atoms with Crippen LogP contribution in [0.3, 0.4) is 0 Å². The van der Waals surface area contributed by atoms with E-state index >= 15 is 0 Å². The summed E-state index contributed by atoms with van der Waals surface area (Å²) < 4.78 is 1.61. The normalized spacial score (nSPS) is 16.2. The molecule has 0 amide bonds. The molecule has 1 unspecified atom stereocenters. The molecule has 0 radical (unpaired) electrons. The topological polar surface area (TPSA) is 71.3 Å². The van der Waals surface area contributed by atoms with Crippen LogP contribution in [0.1, 0.15) is 55.6 Å². The SMILES string of the molecule is CC(C)(C)C(c1c(C(=O)O)c2cccc(Cl)c2c(=O)n1-c1ccccc1)C1CCNCC1. The second-order valence-electron chi connectivity index (χ2n) is 9.64. The number of aromatic nitrogens is 1. The van der Waals surface area contributed by atoms with Gasteiger partial charge in [0.15, 0.2) is 0 Å². The van der Waals surface area contributed by atoms with Gasteiger partial charge >= 0.3 is 5.97 Å². The number of nitrogens with zero attached hydrogens (tertiary/aromatic N) is 1. The van der Waals surface area contributed by atoms with Crippen molar-refractivity contribution in [1.29, 1.82) is 0 Å². The Bertz CT molecular complexity index is 1210. The monoisotopic (exact) mass is 452 g/mol. The van der Waals surface area contributed by atoms with Crippen LogP contribution >= 0.6 is 11.6 Å². The van der Waals surface area contributed by atoms with E-state index < -0.39 is 5.97 Å². The Kier molecular flexibility index (Phi) is 6.15. The number of para-hydroxylation sites is 1. The molecule has 1 saturated heterocycles. The molecule has 1 aromatic heterocycles. The van der Waals surface area contributed by atoms with Gasteiger partial charge in [-0.2, -0.15) is 0 Å². The fraction of sp³-hybridized carbons (Fsp3) is 0.385. The van der Waals surface area contributed by atoms with Gasteiger partial charge in [0.1, 0.15) is 0 Å². The van der Waals surface area contributed by atoms with Crippen LogP contribution in [0.2, 0.25) is 5.02 Å². The molecule has 4 rings (SSSR count). The Labute approximate surface area is 193 Å². The Balaban J connectivity index is 2.20. The third-order valence-corrected chi connectivity index (χ3v) is 6.82. The average molecular weight is 453 g/mol. The van der Waals surface area contributed by atoms with Gasteiger partial charge in [0.05, 0.1) is 16.0 Å². The van der Waals surface area contributed by atoms with Crippen molar-refractivity contribution in [2.75, 3.05) is 13.1 Å². The van der Waals surface area contributed by atoms with Crippen molar-refractivity contribution in [3.8, 4) is 5.69 Å². The van der Waals surface area contributed by atoms with Crippen LogP contribution in [-0.2, 0) is 0 Å². The smallest absolute Gasteiger partial charge is 0.338 e. The number of carboxylic acid groups (broad SMARTS) is 1. The molecule has 1 atom stereocenters. The van der Waals surface area contributed by atoms with Crippen molar-refractivity contribution >= 4 is 28.3 Å². The van der Waals surface area contributed by atoms with Crippen LogP contribution in [0.4, 0.5) is 0 Å². The molecule has 2 heterocycles. The maximum atomic E-state index is 13.9. The first-order valence-electron chi connectivity index (χ1n) is 11.1. The second kappa shape index (κ2) is 8.72. The van der Waals surface area contributed by atoms with Crippen molar-refractivity contribution in [1.82, 2.24) is 9.88 Å². The first kappa shape index (κ1) is 22.6. The number of carbonyl (C=O) groups is 1. The zero-order chi connectivity index (χ0) is 23.0. The van der Waals surface area contributed by atoms with E-state index in [-0.39, 0.29) is 38.8 Å². The second-order valence-corrected chi connectivity index (χ2v) is 10.0. The molecule has 0 aliphatic carbocycles. The molecule has 1 fully saturated rings. The Morgan fingerprint density at radius 2 is 1.75 bits per heavy atom. The summed E-state index contributed by atoms with van der Waals surface area (Å²) in [5.74, 6) is -0.924. The summed E-state index contributed by atoms with van der Waals surface area (Å²) in [6.45, 7) is 8.16. The van der Waals surface area contributed by atoms with Crippen molar-refractivity contribution < 1.29 is 9.90 Å². The first-order valence-corrected chi connectivity index (χ1v) is 11.5. The van der Waals surface area contributed by atoms with Crippen molar-refractivity contribution in [3.05, 3.63) is 75.2 Å². The molecule has 1 aliphatic heterocycles. The molecular weight excluding hydrogens is 424 g/mol. The molecule has 2 aromatic carbocycles. The minimum absolute atomic E-state index is 0.132. The van der Waals surface area contributed by atoms with E-state index in [0.717, 1.165) is 25.9 Å². The average Bonchev–Trinajstić information content (AvgIpc) is 2.74. The van der Waals surface area contributed by atoms with Gasteiger partial charge in [0.2, 0.25) is 0 Å². The summed E-state index contributed by atoms with van der Waals surface area (Å²) >= 11 is 6.45. The highest BCUT2D eigenvalue weighted by atomic mass is 35.5. The number of aromatic carboxylic acids is 1. The zero-order valence-electron chi connectivity index (χ0n) is 18.7. The zero-order valence-corrected chi connectivity index (χ0v) is 19.4. The number of piperidine rings is 1. The predicted octanol–water partition coefficient (Wildman–Crippen LogP) is 5.47. The third-order valence-electron chi connectivity index (χ3n) is 6.51. The van der Waals surface area contributed by atoms with E-state index in [0.29, 0.717) is 16.8 Å². The summed E-state index contributed by atoms with van der Waals surface area (Å²) in [6, 6.07) is 14.4. The molecular formula is C26H29ClN2O3. The van der Waals surface area contributed by atoms with E-state index in [4.69, 9.17) is 11.6 Å². The number of carboxylic acids is 1. The highest BCUT2D eigenvalue weighted by molar-refractivity contribution is 6.35. The van der Waals surface area contributed by atoms with Gasteiger partial charge in [-0.1, -0.05) is 62.7 Å². The summed E-state index contributed by atoms with van der Waals surface area (Å²) in [6.07, 6.45) is 1.86. The van der Waals surface area contributed by atoms with Crippen LogP contribution < -0.4 is 10.9 Å². The van der Waals surface area contributed by atoms with Crippen molar-refractivity contribution in [3.63, 3.8) is 0 Å². The maximum Gasteiger partial charge on any atom is 0.338 e. The lowest BCUT2D eigenvalue weighted by Gasteiger charge is -2.41. The summed E-state index contributed by atoms with van der Waals surface area (Å²) in [4.78, 5) is 26.7. The van der Waals surface area contributed by atoms with Crippen molar-refractivity contribution in [2.24, 2.45) is 11.3 Å². The lowest BCUT2D eigenvalue weighted by molar-refractivity contribution is 0.0693. The number of nitrogens with one attached hydrogen (secondary N) is 1. The molecule has 0 spiro atoms. The van der Waals surface area contributed by atoms with E-state index in [1.54, 1.807) is 22.8 Å². The van der Waals surface area contributed by atoms with E-state index in [1.165, 1.54) is 0 Å². The number of fused-ring (bicyclic) bond motifs is 1. The molecule has 2 N–H and O–H groups in total. The summed E-state index contributed by atoms with van der Waals surface area (Å²) in [5.41, 5.74) is 0.855. The highest BCUT2D eigenvalue weighted by Crippen LogP contribution is 2.46. The van der Waals surface area contributed by atoms with Crippen LogP contribution in [0.25, 0.3) is 16.5 Å². The molecule has 5 nitrogen and oxygen atoms in total. The van der Waals surface area contributed by atoms with Crippen LogP contribution in [0, 0.1) is 11.3 Å². The van der Waals surface area contributed by atoms with E-state index in [2.05, 4.69) is 26.1 Å². The standard InChI is InChI=1S/C26H29ClN2O3/c1-26(2,3)22(16-12-14-28-15-13-16)23-21(25(31)32)18-10-7-11-19(27)20(18)24(30)29(23)17-8-5-4-6-9-17/h4-11,16,22,28H,12-15H2,1-3H3,(H,31,32). The minimum Gasteiger partial charge on any atom is -0.478 e. The largest absolute Gasteiger partial charge is 0.478 e. The Morgan fingerprint density at radius 1 is 1.09 bits per heavy atom. The number of halogens is 1. The van der Waals surface area contributed by atoms with Crippen LogP contribution in [0.15, 0.2) is 53.3 Å². The predicted molar refractivity (Wildman–Crippen MR) is 129 cm³/mol. The number of pyridine rings is 1. The van der Waals surface area contributed by atoms with Crippen molar-refractivity contribution in [2.45, 2.75) is 39.5 Å². The Hall–Kier alpha value is -2.63. The minimum atomic E-state index is -1.04. The van der Waals surface area contributed by atoms with Gasteiger partial charge in [-0.05, 0) is 55.5 Å². The quantitative estimate of drug-likeness (QED) is 0.550. The van der Waals surface area contributed by atoms with E-state index in [1.807, 2.05) is 30.3 Å². The molecule has 168 valence electrons. The molecule has 1 aliphatic rings. The van der Waals surface area contributed by atoms with Gasteiger partial charge in [0, 0.05) is 22.7 Å². The lowest BCUT2D eigenvalue weighted by atomic mass is 9.67. The van der Waals surface area contributed by atoms with Gasteiger partial charge in [-0.25, -0.2) is 4.79 Å². The number of rotatable bonds is 4. The molecule has 3 aromatic rings. The van der Waals surface area contributed by atoms with Crippen LogP contribution in [0.5, 0.6) is 0 Å². The maximum absolute atomic E-state index is 13.9. The molecule has 6 heteroatoms. The lowest BCUT2D eigenvalue weighted by Crippen LogP contribution is -2.39. The number of hydrogen-bond acceptors (Lipinski definition) is 3. The molecule has 0 bridgehead atoms. The van der Waals surface area contributed by atoms with E-state index in [9.17, 15) is 14.7 Å². The number of hydrogen-bond donors (Lipinski definition) is 2.